The van der Waals surface area contributed by atoms with Crippen molar-refractivity contribution in [3.05, 3.63) is 60.2 Å². The number of esters is 1. The number of ether oxygens (including phenoxy) is 1. The van der Waals surface area contributed by atoms with Gasteiger partial charge in [-0.2, -0.15) is 8.78 Å². The van der Waals surface area contributed by atoms with Crippen molar-refractivity contribution in [1.29, 1.82) is 0 Å². The molecule has 0 spiro atoms. The molecule has 0 aliphatic heterocycles. The number of rotatable bonds is 8. The molecule has 0 heterocycles. The highest BCUT2D eigenvalue weighted by molar-refractivity contribution is 5.77. The first-order chi connectivity index (χ1) is 12.0. The molecule has 6 heteroatoms. The highest BCUT2D eigenvalue weighted by atomic mass is 19.3. The van der Waals surface area contributed by atoms with Crippen LogP contribution in [0.2, 0.25) is 0 Å². The van der Waals surface area contributed by atoms with E-state index in [-0.39, 0.29) is 6.61 Å². The molecule has 0 aromatic heterocycles. The minimum atomic E-state index is -3.69. The second kappa shape index (κ2) is 8.37. The largest absolute Gasteiger partial charge is 0.462 e. The van der Waals surface area contributed by atoms with Crippen LogP contribution in [0.25, 0.3) is 11.1 Å². The maximum absolute atomic E-state index is 14.0. The van der Waals surface area contributed by atoms with Crippen LogP contribution in [0, 0.1) is 0 Å². The molecule has 1 atom stereocenters. The van der Waals surface area contributed by atoms with Crippen LogP contribution >= 0.6 is 0 Å². The fourth-order valence-corrected chi connectivity index (χ4v) is 2.47. The second-order valence-electron chi connectivity index (χ2n) is 5.45. The van der Waals surface area contributed by atoms with Crippen molar-refractivity contribution in [3.8, 4) is 11.1 Å². The Morgan fingerprint density at radius 2 is 1.72 bits per heavy atom. The molecule has 0 saturated carbocycles. The van der Waals surface area contributed by atoms with E-state index in [1.165, 1.54) is 6.92 Å². The Morgan fingerprint density at radius 1 is 1.12 bits per heavy atom. The van der Waals surface area contributed by atoms with Gasteiger partial charge >= 0.3 is 11.9 Å². The van der Waals surface area contributed by atoms with Gasteiger partial charge in [-0.3, -0.25) is 4.79 Å². The standard InChI is InChI=1S/C19H19F2NO3/c1-2-25-18(24)19(20,21)12-17(22-13-23)16-10-8-15(9-11-16)14-6-4-3-5-7-14/h3-11,13,17H,2,12H2,1H3,(H,22,23). The first-order valence-electron chi connectivity index (χ1n) is 7.88. The van der Waals surface area contributed by atoms with Gasteiger partial charge in [0.2, 0.25) is 6.41 Å². The van der Waals surface area contributed by atoms with E-state index in [9.17, 15) is 18.4 Å². The third-order valence-corrected chi connectivity index (χ3v) is 3.72. The molecular formula is C19H19F2NO3. The topological polar surface area (TPSA) is 55.4 Å². The lowest BCUT2D eigenvalue weighted by molar-refractivity contribution is -0.173. The predicted octanol–water partition coefficient (Wildman–Crippen LogP) is 3.73. The van der Waals surface area contributed by atoms with Gasteiger partial charge < -0.3 is 10.1 Å². The lowest BCUT2D eigenvalue weighted by atomic mass is 9.97. The molecule has 4 nitrogen and oxygen atoms in total. The molecule has 25 heavy (non-hydrogen) atoms. The molecule has 1 unspecified atom stereocenters. The van der Waals surface area contributed by atoms with Crippen LogP contribution in [-0.2, 0) is 14.3 Å². The SMILES string of the molecule is CCOC(=O)C(F)(F)CC(NC=O)c1ccc(-c2ccccc2)cc1. The summed E-state index contributed by atoms with van der Waals surface area (Å²) in [7, 11) is 0. The van der Waals surface area contributed by atoms with E-state index in [2.05, 4.69) is 10.1 Å². The van der Waals surface area contributed by atoms with Crippen molar-refractivity contribution in [2.24, 2.45) is 0 Å². The molecule has 0 bridgehead atoms. The summed E-state index contributed by atoms with van der Waals surface area (Å²) in [6, 6.07) is 15.5. The Balaban J connectivity index is 2.19. The van der Waals surface area contributed by atoms with Gasteiger partial charge in [0.25, 0.3) is 0 Å². The van der Waals surface area contributed by atoms with E-state index in [4.69, 9.17) is 0 Å². The van der Waals surface area contributed by atoms with E-state index < -0.39 is 24.4 Å². The zero-order valence-corrected chi connectivity index (χ0v) is 13.7. The summed E-state index contributed by atoms with van der Waals surface area (Å²) in [6.07, 6.45) is -0.522. The van der Waals surface area contributed by atoms with Gasteiger partial charge in [0, 0.05) is 6.42 Å². The third kappa shape index (κ3) is 4.86. The van der Waals surface area contributed by atoms with E-state index in [0.29, 0.717) is 12.0 Å². The van der Waals surface area contributed by atoms with Crippen molar-refractivity contribution in [1.82, 2.24) is 5.32 Å². The van der Waals surface area contributed by atoms with Gasteiger partial charge in [0.1, 0.15) is 0 Å². The van der Waals surface area contributed by atoms with Gasteiger partial charge in [-0.05, 0) is 23.6 Å². The van der Waals surface area contributed by atoms with Crippen molar-refractivity contribution in [3.63, 3.8) is 0 Å². The van der Waals surface area contributed by atoms with Crippen LogP contribution in [0.15, 0.2) is 54.6 Å². The summed E-state index contributed by atoms with van der Waals surface area (Å²) in [6.45, 7) is 1.32. The quantitative estimate of drug-likeness (QED) is 0.585. The molecule has 132 valence electrons. The first kappa shape index (κ1) is 18.6. The van der Waals surface area contributed by atoms with Crippen LogP contribution in [0.5, 0.6) is 0 Å². The summed E-state index contributed by atoms with van der Waals surface area (Å²) in [5.41, 5.74) is 2.40. The van der Waals surface area contributed by atoms with E-state index in [1.807, 2.05) is 30.3 Å². The first-order valence-corrected chi connectivity index (χ1v) is 7.88. The zero-order chi connectivity index (χ0) is 18.3. The molecule has 2 aromatic carbocycles. The Labute approximate surface area is 144 Å². The number of hydrogen-bond acceptors (Lipinski definition) is 3. The van der Waals surface area contributed by atoms with Crippen LogP contribution < -0.4 is 5.32 Å². The zero-order valence-electron chi connectivity index (χ0n) is 13.7. The van der Waals surface area contributed by atoms with Gasteiger partial charge in [-0.15, -0.1) is 0 Å². The Kier molecular flexibility index (Phi) is 6.22. The number of hydrogen-bond donors (Lipinski definition) is 1. The maximum atomic E-state index is 14.0. The van der Waals surface area contributed by atoms with E-state index >= 15 is 0 Å². The Hall–Kier alpha value is -2.76. The fraction of sp³-hybridized carbons (Fsp3) is 0.263. The summed E-state index contributed by atoms with van der Waals surface area (Å²) >= 11 is 0. The van der Waals surface area contributed by atoms with Gasteiger partial charge in [0.15, 0.2) is 0 Å². The molecule has 0 saturated heterocycles. The van der Waals surface area contributed by atoms with E-state index in [1.54, 1.807) is 24.3 Å². The monoisotopic (exact) mass is 347 g/mol. The predicted molar refractivity (Wildman–Crippen MR) is 90.0 cm³/mol. The number of benzene rings is 2. The second-order valence-corrected chi connectivity index (χ2v) is 5.45. The molecule has 2 aromatic rings. The van der Waals surface area contributed by atoms with E-state index in [0.717, 1.165) is 11.1 Å². The summed E-state index contributed by atoms with van der Waals surface area (Å²) in [5.74, 6) is -5.27. The average molecular weight is 347 g/mol. The molecule has 0 aliphatic carbocycles. The van der Waals surface area contributed by atoms with Crippen LogP contribution in [0.1, 0.15) is 24.9 Å². The summed E-state index contributed by atoms with van der Waals surface area (Å²) in [5, 5.41) is 2.34. The number of alkyl halides is 2. The molecule has 2 rings (SSSR count). The number of carbonyl (C=O) groups excluding carboxylic acids is 2. The number of nitrogens with one attached hydrogen (secondary N) is 1. The number of amides is 1. The molecule has 0 fully saturated rings. The average Bonchev–Trinajstić information content (AvgIpc) is 2.62. The molecule has 1 N–H and O–H groups in total. The summed E-state index contributed by atoms with van der Waals surface area (Å²) in [4.78, 5) is 22.2. The summed E-state index contributed by atoms with van der Waals surface area (Å²) < 4.78 is 32.3. The molecule has 0 radical (unpaired) electrons. The van der Waals surface area contributed by atoms with Gasteiger partial charge in [-0.1, -0.05) is 54.6 Å². The van der Waals surface area contributed by atoms with Gasteiger partial charge in [-0.25, -0.2) is 4.79 Å². The van der Waals surface area contributed by atoms with Gasteiger partial charge in [0.05, 0.1) is 12.6 Å². The van der Waals surface area contributed by atoms with Crippen LogP contribution in [-0.4, -0.2) is 24.9 Å². The van der Waals surface area contributed by atoms with Crippen LogP contribution in [0.4, 0.5) is 8.78 Å². The number of carbonyl (C=O) groups is 2. The minimum absolute atomic E-state index is 0.133. The van der Waals surface area contributed by atoms with Crippen molar-refractivity contribution < 1.29 is 23.1 Å². The lowest BCUT2D eigenvalue weighted by Crippen LogP contribution is -2.36. The van der Waals surface area contributed by atoms with Crippen molar-refractivity contribution in [2.45, 2.75) is 25.3 Å². The molecular weight excluding hydrogens is 328 g/mol. The minimum Gasteiger partial charge on any atom is -0.462 e. The van der Waals surface area contributed by atoms with Crippen molar-refractivity contribution >= 4 is 12.4 Å². The molecule has 0 aliphatic rings. The highest BCUT2D eigenvalue weighted by Gasteiger charge is 2.43. The molecule has 1 amide bonds. The maximum Gasteiger partial charge on any atom is 0.377 e. The smallest absolute Gasteiger partial charge is 0.377 e. The fourth-order valence-electron chi connectivity index (χ4n) is 2.47. The normalized spacial score (nSPS) is 12.3. The number of halogens is 2. The van der Waals surface area contributed by atoms with Crippen molar-refractivity contribution in [2.75, 3.05) is 6.61 Å². The Morgan fingerprint density at radius 3 is 2.28 bits per heavy atom. The lowest BCUT2D eigenvalue weighted by Gasteiger charge is -2.22. The van der Waals surface area contributed by atoms with Crippen LogP contribution in [0.3, 0.4) is 0 Å². The third-order valence-electron chi connectivity index (χ3n) is 3.72. The Bertz CT molecular complexity index is 702. The highest BCUT2D eigenvalue weighted by Crippen LogP contribution is 2.30.